The van der Waals surface area contributed by atoms with Crippen LogP contribution in [-0.2, 0) is 9.47 Å². The molecule has 2 heterocycles. The summed E-state index contributed by atoms with van der Waals surface area (Å²) in [4.78, 5) is 14.2. The second-order valence-corrected chi connectivity index (χ2v) is 9.06. The Labute approximate surface area is 168 Å². The highest BCUT2D eigenvalue weighted by Gasteiger charge is 2.47. The van der Waals surface area contributed by atoms with Crippen LogP contribution in [0.2, 0.25) is 0 Å². The highest BCUT2D eigenvalue weighted by molar-refractivity contribution is 5.68. The molecule has 2 aliphatic heterocycles. The first-order valence-corrected chi connectivity index (χ1v) is 10.2. The van der Waals surface area contributed by atoms with Crippen molar-refractivity contribution in [3.05, 3.63) is 29.8 Å². The Morgan fingerprint density at radius 2 is 1.89 bits per heavy atom. The maximum absolute atomic E-state index is 12.4. The van der Waals surface area contributed by atoms with Gasteiger partial charge in [-0.3, -0.25) is 0 Å². The fraction of sp³-hybridized carbons (Fsp3) is 0.682. The molecule has 1 amide bonds. The molecule has 2 aliphatic rings. The molecule has 0 saturated carbocycles. The van der Waals surface area contributed by atoms with Gasteiger partial charge >= 0.3 is 6.09 Å². The molecule has 1 spiro atoms. The number of carbonyl (C=O) groups is 1. The maximum atomic E-state index is 12.4. The van der Waals surface area contributed by atoms with Gasteiger partial charge in [-0.2, -0.15) is 0 Å². The quantitative estimate of drug-likeness (QED) is 0.848. The largest absolute Gasteiger partial charge is 0.497 e. The molecule has 2 saturated heterocycles. The normalized spacial score (nSPS) is 22.9. The number of hydrogen-bond acceptors (Lipinski definition) is 5. The van der Waals surface area contributed by atoms with Crippen LogP contribution >= 0.6 is 0 Å². The minimum atomic E-state index is -0.458. The predicted octanol–water partition coefficient (Wildman–Crippen LogP) is 3.76. The Bertz CT molecular complexity index is 660. The summed E-state index contributed by atoms with van der Waals surface area (Å²) >= 11 is 0. The molecule has 1 aromatic rings. The van der Waals surface area contributed by atoms with Gasteiger partial charge in [-0.1, -0.05) is 12.1 Å². The highest BCUT2D eigenvalue weighted by Crippen LogP contribution is 2.40. The zero-order valence-corrected chi connectivity index (χ0v) is 17.8. The molecule has 6 nitrogen and oxygen atoms in total. The van der Waals surface area contributed by atoms with E-state index in [-0.39, 0.29) is 23.6 Å². The van der Waals surface area contributed by atoms with Crippen molar-refractivity contribution < 1.29 is 19.0 Å². The third-order valence-electron chi connectivity index (χ3n) is 5.89. The molecule has 3 rings (SSSR count). The van der Waals surface area contributed by atoms with Crippen molar-refractivity contribution in [1.29, 1.82) is 0 Å². The lowest BCUT2D eigenvalue weighted by Crippen LogP contribution is -2.53. The molecule has 1 unspecified atom stereocenters. The first-order valence-electron chi connectivity index (χ1n) is 10.2. The molecular weight excluding hydrogens is 356 g/mol. The van der Waals surface area contributed by atoms with E-state index in [0.29, 0.717) is 19.7 Å². The third kappa shape index (κ3) is 4.78. The van der Waals surface area contributed by atoms with Gasteiger partial charge in [0.15, 0.2) is 0 Å². The van der Waals surface area contributed by atoms with E-state index < -0.39 is 5.60 Å². The van der Waals surface area contributed by atoms with Crippen molar-refractivity contribution in [2.45, 2.75) is 58.2 Å². The van der Waals surface area contributed by atoms with Crippen LogP contribution in [0.15, 0.2) is 24.3 Å². The van der Waals surface area contributed by atoms with Crippen molar-refractivity contribution in [3.8, 4) is 5.75 Å². The Kier molecular flexibility index (Phi) is 6.20. The molecule has 0 aromatic heterocycles. The van der Waals surface area contributed by atoms with Crippen molar-refractivity contribution in [2.24, 2.45) is 5.41 Å². The van der Waals surface area contributed by atoms with E-state index in [1.807, 2.05) is 37.8 Å². The molecule has 2 atom stereocenters. The number of amides is 1. The lowest BCUT2D eigenvalue weighted by atomic mass is 9.74. The summed E-state index contributed by atoms with van der Waals surface area (Å²) in [7, 11) is 1.68. The van der Waals surface area contributed by atoms with Crippen LogP contribution < -0.4 is 10.1 Å². The van der Waals surface area contributed by atoms with Crippen LogP contribution in [0.3, 0.4) is 0 Å². The van der Waals surface area contributed by atoms with Crippen LogP contribution in [-0.4, -0.2) is 56.0 Å². The van der Waals surface area contributed by atoms with Gasteiger partial charge in [0.2, 0.25) is 0 Å². The molecule has 156 valence electrons. The molecule has 0 aliphatic carbocycles. The Morgan fingerprint density at radius 3 is 2.46 bits per heavy atom. The summed E-state index contributed by atoms with van der Waals surface area (Å²) in [5.74, 6) is 0.867. The van der Waals surface area contributed by atoms with Crippen LogP contribution in [0.5, 0.6) is 5.75 Å². The highest BCUT2D eigenvalue weighted by atomic mass is 16.6. The van der Waals surface area contributed by atoms with Gasteiger partial charge in [0, 0.05) is 30.6 Å². The summed E-state index contributed by atoms with van der Waals surface area (Å²) in [6.07, 6.45) is 1.65. The topological polar surface area (TPSA) is 60.0 Å². The fourth-order valence-corrected chi connectivity index (χ4v) is 4.13. The molecule has 0 radical (unpaired) electrons. The van der Waals surface area contributed by atoms with Gasteiger partial charge < -0.3 is 24.4 Å². The first-order chi connectivity index (χ1) is 13.2. The summed E-state index contributed by atoms with van der Waals surface area (Å²) < 4.78 is 16.7. The number of piperidine rings is 1. The number of benzene rings is 1. The van der Waals surface area contributed by atoms with Crippen LogP contribution in [0.25, 0.3) is 0 Å². The zero-order valence-electron chi connectivity index (χ0n) is 17.8. The maximum Gasteiger partial charge on any atom is 0.410 e. The van der Waals surface area contributed by atoms with E-state index >= 15 is 0 Å². The van der Waals surface area contributed by atoms with Crippen LogP contribution in [0, 0.1) is 5.41 Å². The lowest BCUT2D eigenvalue weighted by molar-refractivity contribution is 0.00561. The molecule has 1 N–H and O–H groups in total. The molecule has 28 heavy (non-hydrogen) atoms. The van der Waals surface area contributed by atoms with Gasteiger partial charge in [-0.15, -0.1) is 0 Å². The smallest absolute Gasteiger partial charge is 0.410 e. The number of nitrogens with zero attached hydrogens (tertiary/aromatic N) is 1. The number of ether oxygens (including phenoxy) is 3. The lowest BCUT2D eigenvalue weighted by Gasteiger charge is -2.43. The van der Waals surface area contributed by atoms with E-state index in [1.54, 1.807) is 7.11 Å². The summed E-state index contributed by atoms with van der Waals surface area (Å²) in [5.41, 5.74) is 0.855. The molecular formula is C22H34N2O4. The van der Waals surface area contributed by atoms with Crippen LogP contribution in [0.1, 0.15) is 52.1 Å². The average Bonchev–Trinajstić information content (AvgIpc) is 3.02. The monoisotopic (exact) mass is 390 g/mol. The number of methoxy groups -OCH3 is 1. The number of likely N-dealkylation sites (tertiary alicyclic amines) is 1. The average molecular weight is 391 g/mol. The molecule has 6 heteroatoms. The number of nitrogens with one attached hydrogen (secondary N) is 1. The van der Waals surface area contributed by atoms with E-state index in [2.05, 4.69) is 24.4 Å². The summed E-state index contributed by atoms with van der Waals surface area (Å²) in [5, 5.41) is 3.77. The number of hydrogen-bond donors (Lipinski definition) is 1. The minimum absolute atomic E-state index is 0.0826. The second kappa shape index (κ2) is 8.29. The Morgan fingerprint density at radius 1 is 1.25 bits per heavy atom. The van der Waals surface area contributed by atoms with Gasteiger partial charge in [0.05, 0.1) is 20.3 Å². The number of rotatable bonds is 4. The van der Waals surface area contributed by atoms with Crippen molar-refractivity contribution in [2.75, 3.05) is 33.4 Å². The van der Waals surface area contributed by atoms with Gasteiger partial charge in [0.25, 0.3) is 0 Å². The zero-order chi connectivity index (χ0) is 20.4. The van der Waals surface area contributed by atoms with Crippen LogP contribution in [0.4, 0.5) is 4.79 Å². The van der Waals surface area contributed by atoms with E-state index in [0.717, 1.165) is 25.2 Å². The standard InChI is InChI=1S/C22H34N2O4/c1-16(17-6-8-18(26-5)9-7-17)23-19-14-27-15-22(19)10-12-24(13-11-22)20(25)28-21(2,3)4/h6-9,16,19,23H,10-15H2,1-5H3/t16?,19-/m1/s1. The predicted molar refractivity (Wildman–Crippen MR) is 109 cm³/mol. The van der Waals surface area contributed by atoms with Crippen molar-refractivity contribution in [3.63, 3.8) is 0 Å². The Hall–Kier alpha value is -1.79. The van der Waals surface area contributed by atoms with Gasteiger partial charge in [-0.25, -0.2) is 4.79 Å². The Balaban J connectivity index is 1.59. The van der Waals surface area contributed by atoms with Gasteiger partial charge in [-0.05, 0) is 58.2 Å². The SMILES string of the molecule is COc1ccc(C(C)N[C@@H]2COCC23CCN(C(=O)OC(C)(C)C)CC3)cc1. The molecule has 0 bridgehead atoms. The van der Waals surface area contributed by atoms with E-state index in [9.17, 15) is 4.79 Å². The van der Waals surface area contributed by atoms with Crippen molar-refractivity contribution >= 4 is 6.09 Å². The molecule has 2 fully saturated rings. The van der Waals surface area contributed by atoms with Gasteiger partial charge in [0.1, 0.15) is 11.4 Å². The first kappa shape index (κ1) is 20.9. The minimum Gasteiger partial charge on any atom is -0.497 e. The second-order valence-electron chi connectivity index (χ2n) is 9.06. The third-order valence-corrected chi connectivity index (χ3v) is 5.89. The van der Waals surface area contributed by atoms with E-state index in [4.69, 9.17) is 14.2 Å². The molecule has 1 aromatic carbocycles. The fourth-order valence-electron chi connectivity index (χ4n) is 4.13. The van der Waals surface area contributed by atoms with E-state index in [1.165, 1.54) is 5.56 Å². The summed E-state index contributed by atoms with van der Waals surface area (Å²) in [6, 6.07) is 8.69. The summed E-state index contributed by atoms with van der Waals surface area (Å²) in [6.45, 7) is 10.8. The van der Waals surface area contributed by atoms with Crippen molar-refractivity contribution in [1.82, 2.24) is 10.2 Å². The number of carbonyl (C=O) groups excluding carboxylic acids is 1.